The van der Waals surface area contributed by atoms with Gasteiger partial charge in [-0.05, 0) is 69.3 Å². The standard InChI is InChI=1S/C21H25N3O4/c1-4-24(5-2)18-12-8-16(9-13-18)21(27)28-14(3)20(26)23-17-10-6-15(7-11-17)19(22)25/h6-14H,4-5H2,1-3H3,(H2,22,25)(H,23,26)/t14-/m1/s1. The van der Waals surface area contributed by atoms with E-state index in [4.69, 9.17) is 10.5 Å². The van der Waals surface area contributed by atoms with Gasteiger partial charge in [-0.1, -0.05) is 0 Å². The third kappa shape index (κ3) is 5.33. The number of carbonyl (C=O) groups is 3. The van der Waals surface area contributed by atoms with Gasteiger partial charge < -0.3 is 20.7 Å². The molecule has 0 bridgehead atoms. The first kappa shape index (κ1) is 21.0. The average molecular weight is 383 g/mol. The first-order valence-electron chi connectivity index (χ1n) is 9.12. The zero-order valence-corrected chi connectivity index (χ0v) is 16.3. The summed E-state index contributed by atoms with van der Waals surface area (Å²) in [6, 6.07) is 13.2. The third-order valence-corrected chi connectivity index (χ3v) is 4.32. The van der Waals surface area contributed by atoms with Crippen LogP contribution in [0.15, 0.2) is 48.5 Å². The van der Waals surface area contributed by atoms with Crippen molar-refractivity contribution in [2.45, 2.75) is 26.9 Å². The van der Waals surface area contributed by atoms with Crippen LogP contribution in [0.25, 0.3) is 0 Å². The van der Waals surface area contributed by atoms with E-state index in [-0.39, 0.29) is 0 Å². The lowest BCUT2D eigenvalue weighted by Gasteiger charge is -2.21. The van der Waals surface area contributed by atoms with E-state index in [0.717, 1.165) is 18.8 Å². The molecule has 0 saturated carbocycles. The fourth-order valence-electron chi connectivity index (χ4n) is 2.64. The fraction of sp³-hybridized carbons (Fsp3) is 0.286. The highest BCUT2D eigenvalue weighted by molar-refractivity contribution is 5.98. The normalized spacial score (nSPS) is 11.4. The van der Waals surface area contributed by atoms with Crippen LogP contribution >= 0.6 is 0 Å². The molecule has 7 heteroatoms. The Kier molecular flexibility index (Phi) is 7.14. The molecule has 0 radical (unpaired) electrons. The second kappa shape index (κ2) is 9.55. The van der Waals surface area contributed by atoms with Gasteiger partial charge in [-0.2, -0.15) is 0 Å². The van der Waals surface area contributed by atoms with E-state index in [9.17, 15) is 14.4 Å². The van der Waals surface area contributed by atoms with Gasteiger partial charge in [0.25, 0.3) is 5.91 Å². The Morgan fingerprint density at radius 3 is 2.00 bits per heavy atom. The van der Waals surface area contributed by atoms with E-state index >= 15 is 0 Å². The van der Waals surface area contributed by atoms with Crippen molar-refractivity contribution in [3.63, 3.8) is 0 Å². The number of hydrogen-bond donors (Lipinski definition) is 2. The Hall–Kier alpha value is -3.35. The second-order valence-electron chi connectivity index (χ2n) is 6.20. The van der Waals surface area contributed by atoms with Gasteiger partial charge in [0.2, 0.25) is 5.91 Å². The van der Waals surface area contributed by atoms with Crippen LogP contribution in [0.5, 0.6) is 0 Å². The Bertz CT molecular complexity index is 828. The molecule has 0 fully saturated rings. The quantitative estimate of drug-likeness (QED) is 0.683. The van der Waals surface area contributed by atoms with Crippen LogP contribution in [-0.2, 0) is 9.53 Å². The first-order valence-corrected chi connectivity index (χ1v) is 9.12. The van der Waals surface area contributed by atoms with Crippen molar-refractivity contribution in [1.82, 2.24) is 0 Å². The zero-order chi connectivity index (χ0) is 20.7. The molecule has 148 valence electrons. The summed E-state index contributed by atoms with van der Waals surface area (Å²) >= 11 is 0. The van der Waals surface area contributed by atoms with Crippen LogP contribution in [-0.4, -0.2) is 37.0 Å². The van der Waals surface area contributed by atoms with Gasteiger partial charge in [0.1, 0.15) is 0 Å². The highest BCUT2D eigenvalue weighted by Gasteiger charge is 2.19. The zero-order valence-electron chi connectivity index (χ0n) is 16.3. The van der Waals surface area contributed by atoms with Gasteiger partial charge in [0.05, 0.1) is 5.56 Å². The number of amides is 2. The molecule has 0 spiro atoms. The molecule has 0 saturated heterocycles. The van der Waals surface area contributed by atoms with Gasteiger partial charge in [-0.25, -0.2) is 4.79 Å². The van der Waals surface area contributed by atoms with Crippen LogP contribution in [0, 0.1) is 0 Å². The molecule has 2 rings (SSSR count). The Balaban J connectivity index is 1.95. The Morgan fingerprint density at radius 2 is 1.50 bits per heavy atom. The topological polar surface area (TPSA) is 102 Å². The number of benzene rings is 2. The molecule has 0 heterocycles. The predicted molar refractivity (Wildman–Crippen MR) is 108 cm³/mol. The SMILES string of the molecule is CCN(CC)c1ccc(C(=O)O[C@H](C)C(=O)Nc2ccc(C(N)=O)cc2)cc1. The summed E-state index contributed by atoms with van der Waals surface area (Å²) in [7, 11) is 0. The largest absolute Gasteiger partial charge is 0.449 e. The number of ether oxygens (including phenoxy) is 1. The van der Waals surface area contributed by atoms with E-state index in [2.05, 4.69) is 24.1 Å². The molecular formula is C21H25N3O4. The smallest absolute Gasteiger partial charge is 0.338 e. The van der Waals surface area contributed by atoms with Crippen molar-refractivity contribution >= 4 is 29.2 Å². The van der Waals surface area contributed by atoms with Crippen molar-refractivity contribution in [2.75, 3.05) is 23.3 Å². The molecule has 3 N–H and O–H groups in total. The van der Waals surface area contributed by atoms with Gasteiger partial charge in [-0.3, -0.25) is 9.59 Å². The molecule has 0 aliphatic heterocycles. The minimum Gasteiger partial charge on any atom is -0.449 e. The Morgan fingerprint density at radius 1 is 0.964 bits per heavy atom. The molecule has 0 aliphatic carbocycles. The first-order chi connectivity index (χ1) is 13.3. The maximum atomic E-state index is 12.3. The van der Waals surface area contributed by atoms with E-state index in [1.807, 2.05) is 12.1 Å². The average Bonchev–Trinajstić information content (AvgIpc) is 2.69. The summed E-state index contributed by atoms with van der Waals surface area (Å²) < 4.78 is 5.25. The summed E-state index contributed by atoms with van der Waals surface area (Å²) in [5.41, 5.74) is 7.39. The number of rotatable bonds is 8. The molecule has 2 aromatic carbocycles. The van der Waals surface area contributed by atoms with Crippen molar-refractivity contribution in [1.29, 1.82) is 0 Å². The molecule has 7 nitrogen and oxygen atoms in total. The lowest BCUT2D eigenvalue weighted by atomic mass is 10.2. The highest BCUT2D eigenvalue weighted by atomic mass is 16.5. The van der Waals surface area contributed by atoms with Crippen LogP contribution in [0.2, 0.25) is 0 Å². The molecule has 2 amide bonds. The number of carbonyl (C=O) groups excluding carboxylic acids is 3. The molecule has 0 unspecified atom stereocenters. The van der Waals surface area contributed by atoms with E-state index in [0.29, 0.717) is 16.8 Å². The van der Waals surface area contributed by atoms with E-state index in [1.54, 1.807) is 24.3 Å². The number of nitrogens with zero attached hydrogens (tertiary/aromatic N) is 1. The molecule has 2 aromatic rings. The maximum Gasteiger partial charge on any atom is 0.338 e. The lowest BCUT2D eigenvalue weighted by molar-refractivity contribution is -0.123. The molecule has 0 aromatic heterocycles. The highest BCUT2D eigenvalue weighted by Crippen LogP contribution is 2.16. The number of nitrogens with one attached hydrogen (secondary N) is 1. The van der Waals surface area contributed by atoms with Crippen molar-refractivity contribution in [3.8, 4) is 0 Å². The van der Waals surface area contributed by atoms with Gasteiger partial charge in [-0.15, -0.1) is 0 Å². The number of esters is 1. The van der Waals surface area contributed by atoms with Crippen LogP contribution in [0.1, 0.15) is 41.5 Å². The third-order valence-electron chi connectivity index (χ3n) is 4.32. The minimum absolute atomic E-state index is 0.339. The number of nitrogens with two attached hydrogens (primary N) is 1. The summed E-state index contributed by atoms with van der Waals surface area (Å²) in [4.78, 5) is 37.7. The van der Waals surface area contributed by atoms with Gasteiger partial charge in [0, 0.05) is 30.0 Å². The summed E-state index contributed by atoms with van der Waals surface area (Å²) in [5, 5.41) is 2.63. The number of anilines is 2. The maximum absolute atomic E-state index is 12.3. The van der Waals surface area contributed by atoms with E-state index < -0.39 is 23.9 Å². The second-order valence-corrected chi connectivity index (χ2v) is 6.20. The summed E-state index contributed by atoms with van der Waals surface area (Å²) in [6.45, 7) is 7.37. The summed E-state index contributed by atoms with van der Waals surface area (Å²) in [6.07, 6.45) is -0.981. The predicted octanol–water partition coefficient (Wildman–Crippen LogP) is 2.82. The molecular weight excluding hydrogens is 358 g/mol. The molecule has 1 atom stereocenters. The van der Waals surface area contributed by atoms with Gasteiger partial charge in [0.15, 0.2) is 6.10 Å². The van der Waals surface area contributed by atoms with Crippen LogP contribution < -0.4 is 16.0 Å². The van der Waals surface area contributed by atoms with Crippen molar-refractivity contribution in [2.24, 2.45) is 5.73 Å². The summed E-state index contributed by atoms with van der Waals surface area (Å²) in [5.74, 6) is -1.59. The fourth-order valence-corrected chi connectivity index (χ4v) is 2.64. The number of hydrogen-bond acceptors (Lipinski definition) is 5. The molecule has 28 heavy (non-hydrogen) atoms. The van der Waals surface area contributed by atoms with Crippen molar-refractivity contribution < 1.29 is 19.1 Å². The van der Waals surface area contributed by atoms with E-state index in [1.165, 1.54) is 19.1 Å². The van der Waals surface area contributed by atoms with Crippen LogP contribution in [0.3, 0.4) is 0 Å². The van der Waals surface area contributed by atoms with Gasteiger partial charge >= 0.3 is 5.97 Å². The van der Waals surface area contributed by atoms with Crippen molar-refractivity contribution in [3.05, 3.63) is 59.7 Å². The minimum atomic E-state index is -0.981. The number of primary amides is 1. The Labute approximate surface area is 164 Å². The molecule has 0 aliphatic rings. The van der Waals surface area contributed by atoms with Crippen LogP contribution in [0.4, 0.5) is 11.4 Å². The lowest BCUT2D eigenvalue weighted by Crippen LogP contribution is -2.30. The monoisotopic (exact) mass is 383 g/mol.